The number of benzene rings is 1. The third kappa shape index (κ3) is 2.68. The molecule has 0 radical (unpaired) electrons. The summed E-state index contributed by atoms with van der Waals surface area (Å²) >= 11 is 0. The first-order valence-corrected chi connectivity index (χ1v) is 7.28. The third-order valence-corrected chi connectivity index (χ3v) is 5.42. The first-order chi connectivity index (χ1) is 8.05. The van der Waals surface area contributed by atoms with E-state index in [9.17, 15) is 8.42 Å². The van der Waals surface area contributed by atoms with Crippen molar-refractivity contribution in [2.45, 2.75) is 31.2 Å². The van der Waals surface area contributed by atoms with Crippen molar-refractivity contribution in [1.82, 2.24) is 4.31 Å². The third-order valence-electron chi connectivity index (χ3n) is 3.11. The predicted molar refractivity (Wildman–Crippen MR) is 67.7 cm³/mol. The standard InChI is InChI=1S/C12H18N2O2S/c1-14(17(15,16)12-6-7-12)9-11-5-3-2-4-10(11)8-13/h2-5,12H,6-9,13H2,1H3. The van der Waals surface area contributed by atoms with Crippen LogP contribution in [0, 0.1) is 0 Å². The number of sulfonamides is 1. The van der Waals surface area contributed by atoms with E-state index in [-0.39, 0.29) is 5.25 Å². The Kier molecular flexibility index (Phi) is 3.51. The van der Waals surface area contributed by atoms with Crippen LogP contribution >= 0.6 is 0 Å². The molecule has 0 amide bonds. The first kappa shape index (κ1) is 12.5. The second-order valence-corrected chi connectivity index (χ2v) is 6.79. The lowest BCUT2D eigenvalue weighted by molar-refractivity contribution is 0.464. The fourth-order valence-electron chi connectivity index (χ4n) is 1.86. The van der Waals surface area contributed by atoms with Gasteiger partial charge in [0.15, 0.2) is 0 Å². The van der Waals surface area contributed by atoms with Crippen molar-refractivity contribution in [2.75, 3.05) is 7.05 Å². The second kappa shape index (κ2) is 4.76. The maximum absolute atomic E-state index is 12.0. The van der Waals surface area contributed by atoms with Crippen LogP contribution in [0.5, 0.6) is 0 Å². The van der Waals surface area contributed by atoms with Crippen LogP contribution in [0.2, 0.25) is 0 Å². The van der Waals surface area contributed by atoms with Crippen molar-refractivity contribution >= 4 is 10.0 Å². The fraction of sp³-hybridized carbons (Fsp3) is 0.500. The first-order valence-electron chi connectivity index (χ1n) is 5.77. The minimum Gasteiger partial charge on any atom is -0.326 e. The molecular formula is C12H18N2O2S. The minimum absolute atomic E-state index is 0.155. The molecule has 1 fully saturated rings. The summed E-state index contributed by atoms with van der Waals surface area (Å²) in [5.74, 6) is 0. The molecule has 2 N–H and O–H groups in total. The van der Waals surface area contributed by atoms with E-state index in [0.29, 0.717) is 13.1 Å². The maximum atomic E-state index is 12.0. The Bertz CT molecular complexity index is 495. The Hall–Kier alpha value is -0.910. The van der Waals surface area contributed by atoms with Gasteiger partial charge in [0.1, 0.15) is 0 Å². The molecule has 0 unspecified atom stereocenters. The fourth-order valence-corrected chi connectivity index (χ4v) is 3.42. The number of rotatable bonds is 5. The van der Waals surface area contributed by atoms with Crippen LogP contribution in [0.4, 0.5) is 0 Å². The summed E-state index contributed by atoms with van der Waals surface area (Å²) in [6.45, 7) is 0.847. The van der Waals surface area contributed by atoms with Gasteiger partial charge < -0.3 is 5.73 Å². The molecule has 1 aromatic carbocycles. The average Bonchev–Trinajstić information content (AvgIpc) is 3.13. The Morgan fingerprint density at radius 2 is 1.88 bits per heavy atom. The van der Waals surface area contributed by atoms with E-state index in [0.717, 1.165) is 24.0 Å². The molecular weight excluding hydrogens is 236 g/mol. The van der Waals surface area contributed by atoms with Gasteiger partial charge in [-0.1, -0.05) is 24.3 Å². The van der Waals surface area contributed by atoms with Crippen molar-refractivity contribution < 1.29 is 8.42 Å². The van der Waals surface area contributed by atoms with Gasteiger partial charge in [0.2, 0.25) is 10.0 Å². The molecule has 0 bridgehead atoms. The Labute approximate surface area is 102 Å². The molecule has 5 heteroatoms. The molecule has 2 rings (SSSR count). The highest BCUT2D eigenvalue weighted by Gasteiger charge is 2.38. The van der Waals surface area contributed by atoms with E-state index in [1.807, 2.05) is 24.3 Å². The molecule has 0 saturated heterocycles. The maximum Gasteiger partial charge on any atom is 0.217 e. The molecule has 17 heavy (non-hydrogen) atoms. The zero-order chi connectivity index (χ0) is 12.5. The number of nitrogens with zero attached hydrogens (tertiary/aromatic N) is 1. The van der Waals surface area contributed by atoms with Crippen molar-refractivity contribution in [2.24, 2.45) is 5.73 Å². The average molecular weight is 254 g/mol. The largest absolute Gasteiger partial charge is 0.326 e. The summed E-state index contributed by atoms with van der Waals surface area (Å²) in [4.78, 5) is 0. The lowest BCUT2D eigenvalue weighted by Crippen LogP contribution is -2.30. The summed E-state index contributed by atoms with van der Waals surface area (Å²) in [5.41, 5.74) is 7.63. The highest BCUT2D eigenvalue weighted by atomic mass is 32.2. The van der Waals surface area contributed by atoms with Crippen LogP contribution < -0.4 is 5.73 Å². The molecule has 0 atom stereocenters. The van der Waals surface area contributed by atoms with Gasteiger partial charge in [-0.3, -0.25) is 0 Å². The van der Waals surface area contributed by atoms with Crippen LogP contribution in [-0.4, -0.2) is 25.0 Å². The highest BCUT2D eigenvalue weighted by molar-refractivity contribution is 7.90. The molecule has 1 aliphatic carbocycles. The minimum atomic E-state index is -3.10. The van der Waals surface area contributed by atoms with Gasteiger partial charge in [-0.25, -0.2) is 12.7 Å². The Morgan fingerprint density at radius 1 is 1.29 bits per heavy atom. The van der Waals surface area contributed by atoms with E-state index in [2.05, 4.69) is 0 Å². The van der Waals surface area contributed by atoms with Crippen LogP contribution in [0.1, 0.15) is 24.0 Å². The van der Waals surface area contributed by atoms with E-state index < -0.39 is 10.0 Å². The molecule has 94 valence electrons. The number of hydrogen-bond donors (Lipinski definition) is 1. The quantitative estimate of drug-likeness (QED) is 0.855. The van der Waals surface area contributed by atoms with Gasteiger partial charge in [-0.15, -0.1) is 0 Å². The number of hydrogen-bond acceptors (Lipinski definition) is 3. The highest BCUT2D eigenvalue weighted by Crippen LogP contribution is 2.31. The summed E-state index contributed by atoms with van der Waals surface area (Å²) < 4.78 is 25.4. The molecule has 0 aliphatic heterocycles. The lowest BCUT2D eigenvalue weighted by Gasteiger charge is -2.18. The topological polar surface area (TPSA) is 63.4 Å². The molecule has 1 aliphatic rings. The van der Waals surface area contributed by atoms with Crippen molar-refractivity contribution in [3.63, 3.8) is 0 Å². The van der Waals surface area contributed by atoms with Gasteiger partial charge in [0.05, 0.1) is 5.25 Å². The van der Waals surface area contributed by atoms with Crippen molar-refractivity contribution in [3.05, 3.63) is 35.4 Å². The smallest absolute Gasteiger partial charge is 0.217 e. The van der Waals surface area contributed by atoms with Gasteiger partial charge in [0, 0.05) is 20.1 Å². The van der Waals surface area contributed by atoms with Crippen LogP contribution in [0.25, 0.3) is 0 Å². The molecule has 0 heterocycles. The molecule has 4 nitrogen and oxygen atoms in total. The predicted octanol–water partition coefficient (Wildman–Crippen LogP) is 1.07. The van der Waals surface area contributed by atoms with Gasteiger partial charge >= 0.3 is 0 Å². The summed E-state index contributed by atoms with van der Waals surface area (Å²) in [5, 5.41) is -0.155. The van der Waals surface area contributed by atoms with Crippen LogP contribution in [-0.2, 0) is 23.1 Å². The monoisotopic (exact) mass is 254 g/mol. The normalized spacial score (nSPS) is 16.4. The van der Waals surface area contributed by atoms with E-state index in [1.54, 1.807) is 7.05 Å². The summed E-state index contributed by atoms with van der Waals surface area (Å²) in [6.07, 6.45) is 1.59. The SMILES string of the molecule is CN(Cc1ccccc1CN)S(=O)(=O)C1CC1. The second-order valence-electron chi connectivity index (χ2n) is 4.47. The lowest BCUT2D eigenvalue weighted by atomic mass is 10.1. The molecule has 1 aromatic rings. The summed E-state index contributed by atoms with van der Waals surface area (Å²) in [7, 11) is -1.46. The Balaban J connectivity index is 2.15. The summed E-state index contributed by atoms with van der Waals surface area (Å²) in [6, 6.07) is 7.70. The van der Waals surface area contributed by atoms with Gasteiger partial charge in [-0.2, -0.15) is 0 Å². The van der Waals surface area contributed by atoms with Crippen LogP contribution in [0.3, 0.4) is 0 Å². The molecule has 0 spiro atoms. The number of nitrogens with two attached hydrogens (primary N) is 1. The molecule has 1 saturated carbocycles. The van der Waals surface area contributed by atoms with Gasteiger partial charge in [0.25, 0.3) is 0 Å². The van der Waals surface area contributed by atoms with E-state index in [1.165, 1.54) is 4.31 Å². The molecule has 0 aromatic heterocycles. The van der Waals surface area contributed by atoms with E-state index in [4.69, 9.17) is 5.73 Å². The van der Waals surface area contributed by atoms with Crippen molar-refractivity contribution in [3.8, 4) is 0 Å². The van der Waals surface area contributed by atoms with Crippen molar-refractivity contribution in [1.29, 1.82) is 0 Å². The van der Waals surface area contributed by atoms with Crippen LogP contribution in [0.15, 0.2) is 24.3 Å². The van der Waals surface area contributed by atoms with Gasteiger partial charge in [-0.05, 0) is 24.0 Å². The zero-order valence-electron chi connectivity index (χ0n) is 9.96. The Morgan fingerprint density at radius 3 is 2.41 bits per heavy atom. The van der Waals surface area contributed by atoms with E-state index >= 15 is 0 Å². The zero-order valence-corrected chi connectivity index (χ0v) is 10.8.